The first-order valence-electron chi connectivity index (χ1n) is 10.8. The topological polar surface area (TPSA) is 93.1 Å². The van der Waals surface area contributed by atoms with Crippen LogP contribution in [0.1, 0.15) is 59.0 Å². The lowest BCUT2D eigenvalue weighted by Gasteiger charge is -2.33. The summed E-state index contributed by atoms with van der Waals surface area (Å²) in [5.41, 5.74) is 1.66. The monoisotopic (exact) mass is 451 g/mol. The Balaban J connectivity index is 1.54. The maximum atomic E-state index is 12.9. The van der Waals surface area contributed by atoms with Gasteiger partial charge in [0.2, 0.25) is 0 Å². The minimum atomic E-state index is -1.26. The predicted octanol–water partition coefficient (Wildman–Crippen LogP) is 4.41. The van der Waals surface area contributed by atoms with Gasteiger partial charge in [-0.05, 0) is 34.7 Å². The molecular formula is C26H29NO6. The fourth-order valence-electron chi connectivity index (χ4n) is 3.72. The Labute approximate surface area is 193 Å². The summed E-state index contributed by atoms with van der Waals surface area (Å²) in [7, 11) is 0. The fraction of sp³-hybridized carbons (Fsp3) is 0.346. The van der Waals surface area contributed by atoms with Gasteiger partial charge < -0.3 is 14.6 Å². The van der Waals surface area contributed by atoms with Crippen molar-refractivity contribution in [2.75, 3.05) is 13.2 Å². The van der Waals surface area contributed by atoms with Crippen molar-refractivity contribution in [3.05, 3.63) is 71.3 Å². The van der Waals surface area contributed by atoms with Crippen molar-refractivity contribution in [2.45, 2.75) is 39.8 Å². The number of nitrogens with zero attached hydrogens (tertiary/aromatic N) is 1. The molecule has 0 saturated carbocycles. The molecule has 0 bridgehead atoms. The van der Waals surface area contributed by atoms with E-state index in [9.17, 15) is 19.5 Å². The van der Waals surface area contributed by atoms with Crippen LogP contribution in [0.4, 0.5) is 0 Å². The van der Waals surface area contributed by atoms with Gasteiger partial charge >= 0.3 is 5.97 Å². The van der Waals surface area contributed by atoms with Gasteiger partial charge in [-0.1, -0.05) is 57.7 Å². The Morgan fingerprint density at radius 3 is 2.33 bits per heavy atom. The maximum absolute atomic E-state index is 12.9. The summed E-state index contributed by atoms with van der Waals surface area (Å²) in [5.74, 6) is -1.99. The minimum absolute atomic E-state index is 0.159. The third-order valence-corrected chi connectivity index (χ3v) is 5.39. The Kier molecular flexibility index (Phi) is 7.33. The van der Waals surface area contributed by atoms with Crippen molar-refractivity contribution >= 4 is 23.9 Å². The van der Waals surface area contributed by atoms with Gasteiger partial charge in [0.25, 0.3) is 11.8 Å². The Bertz CT molecular complexity index is 1050. The first-order valence-corrected chi connectivity index (χ1v) is 10.8. The van der Waals surface area contributed by atoms with Gasteiger partial charge in [-0.3, -0.25) is 14.5 Å². The van der Waals surface area contributed by atoms with Gasteiger partial charge in [0.1, 0.15) is 11.8 Å². The lowest BCUT2D eigenvalue weighted by Crippen LogP contribution is -2.51. The van der Waals surface area contributed by atoms with E-state index >= 15 is 0 Å². The molecule has 0 unspecified atom stereocenters. The maximum Gasteiger partial charge on any atom is 0.327 e. The molecule has 1 aliphatic rings. The largest absolute Gasteiger partial charge is 0.493 e. The van der Waals surface area contributed by atoms with E-state index in [1.54, 1.807) is 32.9 Å². The van der Waals surface area contributed by atoms with Crippen LogP contribution in [0.15, 0.2) is 49.0 Å². The number of ether oxygens (including phenoxy) is 2. The van der Waals surface area contributed by atoms with E-state index in [0.29, 0.717) is 32.0 Å². The SMILES string of the molecule is C=Cc1ccc(COCCCOc2ccc3c(c2)C(=O)N([C@H](C(=O)O)C(C)(C)C)C3=O)cc1. The Morgan fingerprint density at radius 1 is 1.06 bits per heavy atom. The molecule has 2 aromatic carbocycles. The van der Waals surface area contributed by atoms with Crippen LogP contribution < -0.4 is 4.74 Å². The summed E-state index contributed by atoms with van der Waals surface area (Å²) in [6.45, 7) is 10.2. The van der Waals surface area contributed by atoms with Gasteiger partial charge in [0.05, 0.1) is 30.9 Å². The molecule has 3 rings (SSSR count). The highest BCUT2D eigenvalue weighted by atomic mass is 16.5. The molecule has 1 N–H and O–H groups in total. The average molecular weight is 452 g/mol. The second kappa shape index (κ2) is 10.0. The summed E-state index contributed by atoms with van der Waals surface area (Å²) in [6.07, 6.45) is 2.43. The first kappa shape index (κ1) is 24.2. The number of hydrogen-bond acceptors (Lipinski definition) is 5. The molecule has 7 heteroatoms. The second-order valence-electron chi connectivity index (χ2n) is 8.99. The number of carbonyl (C=O) groups is 3. The van der Waals surface area contributed by atoms with Gasteiger partial charge in [-0.25, -0.2) is 4.79 Å². The Morgan fingerprint density at radius 2 is 1.73 bits per heavy atom. The molecule has 1 aliphatic heterocycles. The predicted molar refractivity (Wildman–Crippen MR) is 124 cm³/mol. The molecule has 33 heavy (non-hydrogen) atoms. The molecule has 174 valence electrons. The molecule has 1 atom stereocenters. The number of amides is 2. The number of carbonyl (C=O) groups excluding carboxylic acids is 2. The zero-order valence-electron chi connectivity index (χ0n) is 19.2. The van der Waals surface area contributed by atoms with Crippen LogP contribution >= 0.6 is 0 Å². The summed E-state index contributed by atoms with van der Waals surface area (Å²) >= 11 is 0. The van der Waals surface area contributed by atoms with Gasteiger partial charge in [-0.2, -0.15) is 0 Å². The third-order valence-electron chi connectivity index (χ3n) is 5.39. The van der Waals surface area contributed by atoms with Crippen LogP contribution in [0.5, 0.6) is 5.75 Å². The van der Waals surface area contributed by atoms with Crippen LogP contribution in [-0.2, 0) is 16.1 Å². The zero-order valence-corrected chi connectivity index (χ0v) is 19.2. The van der Waals surface area contributed by atoms with Crippen molar-refractivity contribution in [1.82, 2.24) is 4.90 Å². The number of rotatable bonds is 10. The highest BCUT2D eigenvalue weighted by Crippen LogP contribution is 2.34. The highest BCUT2D eigenvalue weighted by molar-refractivity contribution is 6.22. The number of fused-ring (bicyclic) bond motifs is 1. The summed E-state index contributed by atoms with van der Waals surface area (Å²) < 4.78 is 11.4. The van der Waals surface area contributed by atoms with Gasteiger partial charge in [-0.15, -0.1) is 0 Å². The molecule has 2 aromatic rings. The Hall–Kier alpha value is -3.45. The normalized spacial score (nSPS) is 14.2. The van der Waals surface area contributed by atoms with E-state index in [2.05, 4.69) is 6.58 Å². The zero-order chi connectivity index (χ0) is 24.2. The fourth-order valence-corrected chi connectivity index (χ4v) is 3.72. The van der Waals surface area contributed by atoms with Crippen LogP contribution in [0.3, 0.4) is 0 Å². The summed E-state index contributed by atoms with van der Waals surface area (Å²) in [5, 5.41) is 9.64. The van der Waals surface area contributed by atoms with Crippen molar-refractivity contribution in [3.8, 4) is 5.75 Å². The number of carboxylic acid groups (broad SMARTS) is 1. The van der Waals surface area contributed by atoms with Crippen molar-refractivity contribution < 1.29 is 29.0 Å². The van der Waals surface area contributed by atoms with Crippen molar-refractivity contribution in [1.29, 1.82) is 0 Å². The van der Waals surface area contributed by atoms with Crippen molar-refractivity contribution in [3.63, 3.8) is 0 Å². The summed E-state index contributed by atoms with van der Waals surface area (Å²) in [6, 6.07) is 11.3. The van der Waals surface area contributed by atoms with E-state index in [1.807, 2.05) is 24.3 Å². The molecule has 0 aromatic heterocycles. The number of benzene rings is 2. The number of imide groups is 1. The van der Waals surface area contributed by atoms with Gasteiger partial charge in [0.15, 0.2) is 0 Å². The molecule has 1 heterocycles. The van der Waals surface area contributed by atoms with Crippen LogP contribution in [0, 0.1) is 5.41 Å². The smallest absolute Gasteiger partial charge is 0.327 e. The minimum Gasteiger partial charge on any atom is -0.493 e. The van der Waals surface area contributed by atoms with Gasteiger partial charge in [0, 0.05) is 6.42 Å². The van der Waals surface area contributed by atoms with Crippen LogP contribution in [0.2, 0.25) is 0 Å². The molecule has 0 fully saturated rings. The standard InChI is InChI=1S/C26H29NO6/c1-5-17-7-9-18(10-8-17)16-32-13-6-14-33-19-11-12-20-21(15-19)24(29)27(23(20)28)22(25(30)31)26(2,3)4/h5,7-12,15,22H,1,6,13-14,16H2,2-4H3,(H,30,31)/t22-/m1/s1. The van der Waals surface area contributed by atoms with E-state index in [1.165, 1.54) is 12.1 Å². The number of hydrogen-bond donors (Lipinski definition) is 1. The molecule has 0 spiro atoms. The quantitative estimate of drug-likeness (QED) is 0.425. The lowest BCUT2D eigenvalue weighted by atomic mass is 9.85. The van der Waals surface area contributed by atoms with E-state index in [4.69, 9.17) is 9.47 Å². The number of aliphatic carboxylic acids is 1. The highest BCUT2D eigenvalue weighted by Gasteiger charge is 2.47. The summed E-state index contributed by atoms with van der Waals surface area (Å²) in [4.78, 5) is 38.3. The average Bonchev–Trinajstić information content (AvgIpc) is 3.00. The van der Waals surface area contributed by atoms with Crippen molar-refractivity contribution in [2.24, 2.45) is 5.41 Å². The van der Waals surface area contributed by atoms with E-state index < -0.39 is 29.2 Å². The second-order valence-corrected chi connectivity index (χ2v) is 8.99. The molecule has 0 aliphatic carbocycles. The molecule has 0 radical (unpaired) electrons. The first-order chi connectivity index (χ1) is 15.6. The molecular weight excluding hydrogens is 422 g/mol. The lowest BCUT2D eigenvalue weighted by molar-refractivity contribution is -0.145. The molecule has 2 amide bonds. The van der Waals surface area contributed by atoms with E-state index in [0.717, 1.165) is 16.0 Å². The van der Waals surface area contributed by atoms with E-state index in [-0.39, 0.29) is 11.1 Å². The third kappa shape index (κ3) is 5.49. The number of carboxylic acids is 1. The molecule has 0 saturated heterocycles. The molecule has 7 nitrogen and oxygen atoms in total. The van der Waals surface area contributed by atoms with Crippen LogP contribution in [-0.4, -0.2) is 47.0 Å². The van der Waals surface area contributed by atoms with Crippen LogP contribution in [0.25, 0.3) is 6.08 Å².